The molecule has 0 radical (unpaired) electrons. The van der Waals surface area contributed by atoms with E-state index in [0.717, 1.165) is 19.5 Å². The van der Waals surface area contributed by atoms with Crippen LogP contribution in [0.2, 0.25) is 0 Å². The predicted molar refractivity (Wildman–Crippen MR) is 75.3 cm³/mol. The van der Waals surface area contributed by atoms with Gasteiger partial charge in [0.15, 0.2) is 0 Å². The molecule has 5 nitrogen and oxygen atoms in total. The minimum Gasteiger partial charge on any atom is -0.375 e. The van der Waals surface area contributed by atoms with E-state index in [4.69, 9.17) is 4.74 Å². The molecule has 0 aromatic rings. The van der Waals surface area contributed by atoms with Crippen LogP contribution in [0.4, 0.5) is 0 Å². The van der Waals surface area contributed by atoms with Crippen molar-refractivity contribution in [1.82, 2.24) is 9.62 Å². The minimum atomic E-state index is -3.05. The molecule has 0 unspecified atom stereocenters. The zero-order valence-electron chi connectivity index (χ0n) is 12.3. The molecule has 1 N–H and O–H groups in total. The summed E-state index contributed by atoms with van der Waals surface area (Å²) in [6, 6.07) is 0. The number of nitrogens with zero attached hydrogens (tertiary/aromatic N) is 1. The van der Waals surface area contributed by atoms with Gasteiger partial charge >= 0.3 is 0 Å². The second kappa shape index (κ2) is 8.09. The van der Waals surface area contributed by atoms with Gasteiger partial charge in [0, 0.05) is 19.6 Å². The topological polar surface area (TPSA) is 58.6 Å². The minimum absolute atomic E-state index is 0.100. The molecule has 0 saturated carbocycles. The van der Waals surface area contributed by atoms with Crippen LogP contribution in [0.5, 0.6) is 0 Å². The van der Waals surface area contributed by atoms with Crippen molar-refractivity contribution in [3.8, 4) is 0 Å². The average molecular weight is 280 g/mol. The first-order valence-electron chi connectivity index (χ1n) is 6.46. The van der Waals surface area contributed by atoms with Gasteiger partial charge in [0.05, 0.1) is 18.5 Å². The summed E-state index contributed by atoms with van der Waals surface area (Å²) < 4.78 is 29.7. The molecule has 0 spiro atoms. The van der Waals surface area contributed by atoms with Gasteiger partial charge in [-0.15, -0.1) is 0 Å². The van der Waals surface area contributed by atoms with Crippen molar-refractivity contribution in [3.63, 3.8) is 0 Å². The molecule has 110 valence electrons. The van der Waals surface area contributed by atoms with Crippen LogP contribution in [-0.2, 0) is 14.8 Å². The summed E-state index contributed by atoms with van der Waals surface area (Å²) in [5.41, 5.74) is -0.100. The Morgan fingerprint density at radius 1 is 1.22 bits per heavy atom. The van der Waals surface area contributed by atoms with Crippen molar-refractivity contribution >= 4 is 10.0 Å². The first kappa shape index (κ1) is 17.8. The molecule has 6 heteroatoms. The quantitative estimate of drug-likeness (QED) is 0.642. The normalized spacial score (nSPS) is 13.2. The highest BCUT2D eigenvalue weighted by atomic mass is 32.2. The molecule has 0 rings (SSSR count). The van der Waals surface area contributed by atoms with Gasteiger partial charge in [0.1, 0.15) is 0 Å². The highest BCUT2D eigenvalue weighted by Gasteiger charge is 2.13. The van der Waals surface area contributed by atoms with Gasteiger partial charge < -0.3 is 10.1 Å². The van der Waals surface area contributed by atoms with E-state index in [1.54, 1.807) is 0 Å². The molecule has 18 heavy (non-hydrogen) atoms. The zero-order valence-corrected chi connectivity index (χ0v) is 13.1. The molecule has 0 aliphatic carbocycles. The lowest BCUT2D eigenvalue weighted by Gasteiger charge is -2.20. The summed E-state index contributed by atoms with van der Waals surface area (Å²) in [5.74, 6) is 0. The van der Waals surface area contributed by atoms with Crippen LogP contribution in [0.1, 0.15) is 34.1 Å². The molecule has 0 aliphatic rings. The Labute approximate surface area is 112 Å². The van der Waals surface area contributed by atoms with Gasteiger partial charge in [-0.1, -0.05) is 6.92 Å². The van der Waals surface area contributed by atoms with Crippen LogP contribution in [0.25, 0.3) is 0 Å². The third-order valence-electron chi connectivity index (χ3n) is 2.40. The van der Waals surface area contributed by atoms with Crippen LogP contribution in [0, 0.1) is 0 Å². The summed E-state index contributed by atoms with van der Waals surface area (Å²) in [5, 5.41) is 3.24. The SMILES string of the molecule is CCN(CCCNCCOC(C)(C)C)S(C)(=O)=O. The lowest BCUT2D eigenvalue weighted by molar-refractivity contribution is -0.000769. The molecule has 0 bridgehead atoms. The van der Waals surface area contributed by atoms with Crippen molar-refractivity contribution < 1.29 is 13.2 Å². The molecule has 0 fully saturated rings. The molecular weight excluding hydrogens is 252 g/mol. The fraction of sp³-hybridized carbons (Fsp3) is 1.00. The lowest BCUT2D eigenvalue weighted by atomic mass is 10.2. The number of nitrogens with one attached hydrogen (secondary N) is 1. The van der Waals surface area contributed by atoms with E-state index in [1.165, 1.54) is 10.6 Å². The van der Waals surface area contributed by atoms with Crippen LogP contribution >= 0.6 is 0 Å². The number of hydrogen-bond acceptors (Lipinski definition) is 4. The van der Waals surface area contributed by atoms with Crippen LogP contribution in [-0.4, -0.2) is 57.4 Å². The number of ether oxygens (including phenoxy) is 1. The molecule has 0 amide bonds. The van der Waals surface area contributed by atoms with Crippen molar-refractivity contribution in [2.75, 3.05) is 39.0 Å². The van der Waals surface area contributed by atoms with Crippen LogP contribution < -0.4 is 5.32 Å². The van der Waals surface area contributed by atoms with Crippen LogP contribution in [0.3, 0.4) is 0 Å². The molecule has 0 atom stereocenters. The smallest absolute Gasteiger partial charge is 0.211 e. The third kappa shape index (κ3) is 9.82. The first-order chi connectivity index (χ1) is 8.17. The zero-order chi connectivity index (χ0) is 14.2. The van der Waals surface area contributed by atoms with Gasteiger partial charge in [0.2, 0.25) is 10.0 Å². The van der Waals surface area contributed by atoms with Gasteiger partial charge in [0.25, 0.3) is 0 Å². The van der Waals surface area contributed by atoms with E-state index in [0.29, 0.717) is 19.7 Å². The second-order valence-electron chi connectivity index (χ2n) is 5.32. The first-order valence-corrected chi connectivity index (χ1v) is 8.31. The summed E-state index contributed by atoms with van der Waals surface area (Å²) in [4.78, 5) is 0. The molecule has 0 aromatic heterocycles. The van der Waals surface area contributed by atoms with E-state index >= 15 is 0 Å². The average Bonchev–Trinajstić information content (AvgIpc) is 2.18. The summed E-state index contributed by atoms with van der Waals surface area (Å²) in [6.07, 6.45) is 2.07. The van der Waals surface area contributed by atoms with E-state index in [9.17, 15) is 8.42 Å². The van der Waals surface area contributed by atoms with E-state index in [1.807, 2.05) is 27.7 Å². The summed E-state index contributed by atoms with van der Waals surface area (Å²) in [6.45, 7) is 11.3. The largest absolute Gasteiger partial charge is 0.375 e. The Kier molecular flexibility index (Phi) is 8.02. The Balaban J connectivity index is 3.57. The van der Waals surface area contributed by atoms with Crippen molar-refractivity contribution in [2.45, 2.75) is 39.7 Å². The Hall–Kier alpha value is -0.170. The number of rotatable bonds is 9. The Bertz CT molecular complexity index is 310. The van der Waals surface area contributed by atoms with E-state index < -0.39 is 10.0 Å². The molecule has 0 saturated heterocycles. The van der Waals surface area contributed by atoms with E-state index in [2.05, 4.69) is 5.32 Å². The maximum atomic E-state index is 11.3. The highest BCUT2D eigenvalue weighted by Crippen LogP contribution is 2.05. The fourth-order valence-electron chi connectivity index (χ4n) is 1.49. The maximum Gasteiger partial charge on any atom is 0.211 e. The van der Waals surface area contributed by atoms with Gasteiger partial charge in [-0.3, -0.25) is 0 Å². The van der Waals surface area contributed by atoms with Crippen molar-refractivity contribution in [3.05, 3.63) is 0 Å². The lowest BCUT2D eigenvalue weighted by Crippen LogP contribution is -2.33. The number of sulfonamides is 1. The fourth-order valence-corrected chi connectivity index (χ4v) is 2.42. The number of hydrogen-bond donors (Lipinski definition) is 1. The monoisotopic (exact) mass is 280 g/mol. The van der Waals surface area contributed by atoms with Crippen molar-refractivity contribution in [1.29, 1.82) is 0 Å². The summed E-state index contributed by atoms with van der Waals surface area (Å²) >= 11 is 0. The Morgan fingerprint density at radius 2 is 1.83 bits per heavy atom. The van der Waals surface area contributed by atoms with Gasteiger partial charge in [-0.2, -0.15) is 0 Å². The molecule has 0 aliphatic heterocycles. The summed E-state index contributed by atoms with van der Waals surface area (Å²) in [7, 11) is -3.05. The predicted octanol–water partition coefficient (Wildman–Crippen LogP) is 1.06. The van der Waals surface area contributed by atoms with Gasteiger partial charge in [-0.25, -0.2) is 12.7 Å². The standard InChI is InChI=1S/C12H28N2O3S/c1-6-14(18(5,15)16)10-7-8-13-9-11-17-12(2,3)4/h13H,6-11H2,1-5H3. The van der Waals surface area contributed by atoms with Crippen molar-refractivity contribution in [2.24, 2.45) is 0 Å². The second-order valence-corrected chi connectivity index (χ2v) is 7.30. The maximum absolute atomic E-state index is 11.3. The van der Waals surface area contributed by atoms with Gasteiger partial charge in [-0.05, 0) is 33.7 Å². The van der Waals surface area contributed by atoms with E-state index in [-0.39, 0.29) is 5.60 Å². The third-order valence-corrected chi connectivity index (χ3v) is 3.78. The van der Waals surface area contributed by atoms with Crippen LogP contribution in [0.15, 0.2) is 0 Å². The Morgan fingerprint density at radius 3 is 2.28 bits per heavy atom. The molecule has 0 heterocycles. The molecule has 0 aromatic carbocycles. The molecular formula is C12H28N2O3S. The highest BCUT2D eigenvalue weighted by molar-refractivity contribution is 7.88.